The molecule has 1 saturated heterocycles. The summed E-state index contributed by atoms with van der Waals surface area (Å²) in [5, 5.41) is 9.25. The van der Waals surface area contributed by atoms with Gasteiger partial charge in [-0.25, -0.2) is 4.79 Å². The maximum absolute atomic E-state index is 11.7. The van der Waals surface area contributed by atoms with E-state index in [2.05, 4.69) is 0 Å². The first-order valence-corrected chi connectivity index (χ1v) is 6.29. The van der Waals surface area contributed by atoms with Crippen LogP contribution in [0.3, 0.4) is 0 Å². The van der Waals surface area contributed by atoms with E-state index in [4.69, 9.17) is 4.74 Å². The monoisotopic (exact) mass is 277 g/mol. The number of carbonyl (C=O) groups excluding carboxylic acids is 2. The fourth-order valence-electron chi connectivity index (χ4n) is 2.16. The zero-order chi connectivity index (χ0) is 14.5. The summed E-state index contributed by atoms with van der Waals surface area (Å²) in [5.41, 5.74) is 0.965. The van der Waals surface area contributed by atoms with Gasteiger partial charge in [0.1, 0.15) is 19.3 Å². The van der Waals surface area contributed by atoms with Crippen LogP contribution in [-0.4, -0.2) is 47.0 Å². The second-order valence-electron chi connectivity index (χ2n) is 4.53. The molecule has 106 valence electrons. The molecular weight excluding hydrogens is 262 g/mol. The van der Waals surface area contributed by atoms with E-state index in [0.717, 1.165) is 10.5 Å². The third-order valence-corrected chi connectivity index (χ3v) is 3.13. The molecule has 0 radical (unpaired) electrons. The highest BCUT2D eigenvalue weighted by Crippen LogP contribution is 2.14. The van der Waals surface area contributed by atoms with Gasteiger partial charge in [0, 0.05) is 0 Å². The highest BCUT2D eigenvalue weighted by Gasteiger charge is 2.36. The van der Waals surface area contributed by atoms with Crippen molar-refractivity contribution in [1.29, 1.82) is 0 Å². The molecule has 0 aliphatic carbocycles. The van der Waals surface area contributed by atoms with E-state index in [0.29, 0.717) is 6.42 Å². The summed E-state index contributed by atoms with van der Waals surface area (Å²) in [7, 11) is 0. The van der Waals surface area contributed by atoms with Crippen molar-refractivity contribution < 1.29 is 24.2 Å². The van der Waals surface area contributed by atoms with Crippen molar-refractivity contribution in [3.8, 4) is 0 Å². The van der Waals surface area contributed by atoms with Gasteiger partial charge in [0.05, 0.1) is 0 Å². The molecule has 0 bridgehead atoms. The third kappa shape index (κ3) is 3.21. The first kappa shape index (κ1) is 14.2. The van der Waals surface area contributed by atoms with Crippen LogP contribution in [0, 0.1) is 0 Å². The summed E-state index contributed by atoms with van der Waals surface area (Å²) in [6, 6.07) is 8.20. The second-order valence-corrected chi connectivity index (χ2v) is 4.53. The van der Waals surface area contributed by atoms with Gasteiger partial charge >= 0.3 is 5.97 Å². The van der Waals surface area contributed by atoms with E-state index in [9.17, 15) is 19.5 Å². The van der Waals surface area contributed by atoms with Crippen LogP contribution in [0.2, 0.25) is 0 Å². The number of carboxylic acids is 1. The van der Waals surface area contributed by atoms with Crippen molar-refractivity contribution in [3.63, 3.8) is 0 Å². The Morgan fingerprint density at radius 1 is 1.20 bits per heavy atom. The number of carbonyl (C=O) groups is 3. The van der Waals surface area contributed by atoms with Gasteiger partial charge in [0.2, 0.25) is 0 Å². The van der Waals surface area contributed by atoms with E-state index < -0.39 is 23.8 Å². The van der Waals surface area contributed by atoms with E-state index in [1.165, 1.54) is 0 Å². The Labute approximate surface area is 115 Å². The number of hydrogen-bond acceptors (Lipinski definition) is 4. The SMILES string of the molecule is O=C(O)C(CCc1ccccc1)N1C(=O)COCC1=O. The smallest absolute Gasteiger partial charge is 0.326 e. The van der Waals surface area contributed by atoms with Crippen LogP contribution in [0.15, 0.2) is 30.3 Å². The van der Waals surface area contributed by atoms with Crippen LogP contribution < -0.4 is 0 Å². The summed E-state index contributed by atoms with van der Waals surface area (Å²) >= 11 is 0. The van der Waals surface area contributed by atoms with Gasteiger partial charge in [-0.05, 0) is 18.4 Å². The second kappa shape index (κ2) is 6.29. The van der Waals surface area contributed by atoms with Crippen molar-refractivity contribution in [3.05, 3.63) is 35.9 Å². The lowest BCUT2D eigenvalue weighted by Crippen LogP contribution is -2.54. The fraction of sp³-hybridized carbons (Fsp3) is 0.357. The Balaban J connectivity index is 2.08. The van der Waals surface area contributed by atoms with Crippen molar-refractivity contribution in [2.45, 2.75) is 18.9 Å². The summed E-state index contributed by atoms with van der Waals surface area (Å²) in [6.07, 6.45) is 0.673. The summed E-state index contributed by atoms with van der Waals surface area (Å²) in [6.45, 7) is -0.498. The number of nitrogens with zero attached hydrogens (tertiary/aromatic N) is 1. The topological polar surface area (TPSA) is 83.9 Å². The minimum absolute atomic E-state index is 0.191. The van der Waals surface area contributed by atoms with E-state index in [1.807, 2.05) is 30.3 Å². The van der Waals surface area contributed by atoms with Gasteiger partial charge in [-0.15, -0.1) is 0 Å². The molecule has 1 aliphatic rings. The third-order valence-electron chi connectivity index (χ3n) is 3.13. The molecule has 1 aromatic carbocycles. The number of aryl methyl sites for hydroxylation is 1. The highest BCUT2D eigenvalue weighted by atomic mass is 16.5. The van der Waals surface area contributed by atoms with Crippen molar-refractivity contribution >= 4 is 17.8 Å². The summed E-state index contributed by atoms with van der Waals surface area (Å²) in [4.78, 5) is 35.5. The molecule has 1 heterocycles. The molecule has 6 heteroatoms. The van der Waals surface area contributed by atoms with Crippen molar-refractivity contribution in [2.75, 3.05) is 13.2 Å². The molecule has 1 fully saturated rings. The van der Waals surface area contributed by atoms with Crippen LogP contribution in [0.4, 0.5) is 0 Å². The van der Waals surface area contributed by atoms with Gasteiger partial charge in [-0.3, -0.25) is 14.5 Å². The Morgan fingerprint density at radius 2 is 1.80 bits per heavy atom. The Bertz CT molecular complexity index is 498. The number of ether oxygens (including phenoxy) is 1. The maximum atomic E-state index is 11.7. The molecule has 20 heavy (non-hydrogen) atoms. The Hall–Kier alpha value is -2.21. The molecule has 1 aliphatic heterocycles. The molecule has 1 N–H and O–H groups in total. The number of aliphatic carboxylic acids is 1. The van der Waals surface area contributed by atoms with Gasteiger partial charge in [0.25, 0.3) is 11.8 Å². The zero-order valence-corrected chi connectivity index (χ0v) is 10.8. The minimum Gasteiger partial charge on any atom is -0.480 e. The van der Waals surface area contributed by atoms with Gasteiger partial charge in [-0.2, -0.15) is 0 Å². The number of benzene rings is 1. The molecule has 2 amide bonds. The first-order valence-electron chi connectivity index (χ1n) is 6.29. The minimum atomic E-state index is -1.18. The number of carboxylic acid groups (broad SMARTS) is 1. The van der Waals surface area contributed by atoms with Crippen LogP contribution in [0.1, 0.15) is 12.0 Å². The van der Waals surface area contributed by atoms with Crippen molar-refractivity contribution in [1.82, 2.24) is 4.90 Å². The summed E-state index contributed by atoms with van der Waals surface area (Å²) < 4.78 is 4.78. The van der Waals surface area contributed by atoms with Crippen LogP contribution >= 0.6 is 0 Å². The van der Waals surface area contributed by atoms with Gasteiger partial charge in [0.15, 0.2) is 0 Å². The van der Waals surface area contributed by atoms with E-state index >= 15 is 0 Å². The molecule has 1 aromatic rings. The molecule has 0 aromatic heterocycles. The number of imide groups is 1. The van der Waals surface area contributed by atoms with Gasteiger partial charge < -0.3 is 9.84 Å². The maximum Gasteiger partial charge on any atom is 0.326 e. The first-order chi connectivity index (χ1) is 9.59. The number of hydrogen-bond donors (Lipinski definition) is 1. The van der Waals surface area contributed by atoms with Crippen molar-refractivity contribution in [2.24, 2.45) is 0 Å². The van der Waals surface area contributed by atoms with Crippen LogP contribution in [0.25, 0.3) is 0 Å². The number of amides is 2. The summed E-state index contributed by atoms with van der Waals surface area (Å²) in [5.74, 6) is -2.37. The number of rotatable bonds is 5. The normalized spacial score (nSPS) is 17.1. The molecule has 0 saturated carbocycles. The molecule has 0 spiro atoms. The van der Waals surface area contributed by atoms with E-state index in [-0.39, 0.29) is 19.6 Å². The zero-order valence-electron chi connectivity index (χ0n) is 10.8. The average molecular weight is 277 g/mol. The largest absolute Gasteiger partial charge is 0.480 e. The molecule has 6 nitrogen and oxygen atoms in total. The molecule has 1 unspecified atom stereocenters. The standard InChI is InChI=1S/C14H15NO5/c16-12-8-20-9-13(17)15(12)11(14(18)19)7-6-10-4-2-1-3-5-10/h1-5,11H,6-9H2,(H,18,19). The predicted octanol–water partition coefficient (Wildman–Crippen LogP) is 0.458. The van der Waals surface area contributed by atoms with Crippen LogP contribution in [-0.2, 0) is 25.5 Å². The fourth-order valence-corrected chi connectivity index (χ4v) is 2.16. The lowest BCUT2D eigenvalue weighted by Gasteiger charge is -2.30. The molecular formula is C14H15NO5. The van der Waals surface area contributed by atoms with Crippen LogP contribution in [0.5, 0.6) is 0 Å². The average Bonchev–Trinajstić information content (AvgIpc) is 2.42. The number of morpholine rings is 1. The quantitative estimate of drug-likeness (QED) is 0.790. The van der Waals surface area contributed by atoms with Gasteiger partial charge in [-0.1, -0.05) is 30.3 Å². The van der Waals surface area contributed by atoms with E-state index in [1.54, 1.807) is 0 Å². The Kier molecular flexibility index (Phi) is 4.47. The lowest BCUT2D eigenvalue weighted by molar-refractivity contribution is -0.168. The highest BCUT2D eigenvalue weighted by molar-refractivity contribution is 6.01. The lowest BCUT2D eigenvalue weighted by atomic mass is 10.0. The molecule has 1 atom stereocenters. The predicted molar refractivity (Wildman–Crippen MR) is 68.9 cm³/mol. The Morgan fingerprint density at radius 3 is 2.35 bits per heavy atom. The molecule has 2 rings (SSSR count).